The molecule has 35 heavy (non-hydrogen) atoms. The summed E-state index contributed by atoms with van der Waals surface area (Å²) in [5.41, 5.74) is 9.75. The number of carbonyl (C=O) groups is 3. The summed E-state index contributed by atoms with van der Waals surface area (Å²) in [5, 5.41) is 16.4. The number of carboxylic acid groups (broad SMARTS) is 1. The summed E-state index contributed by atoms with van der Waals surface area (Å²) in [4.78, 5) is 43.8. The number of thiol groups is 1. The molecule has 0 aliphatic carbocycles. The molecule has 182 valence electrons. The predicted octanol–water partition coefficient (Wildman–Crippen LogP) is 1.75. The van der Waals surface area contributed by atoms with Crippen LogP contribution in [0, 0.1) is 0 Å². The number of nitrogens with one attached hydrogen (secondary N) is 4. The highest BCUT2D eigenvalue weighted by molar-refractivity contribution is 7.80. The molecular formula is C25H27N5O4S. The summed E-state index contributed by atoms with van der Waals surface area (Å²) in [6, 6.07) is 12.2. The molecular weight excluding hydrogens is 466 g/mol. The Bertz CT molecular complexity index is 1360. The van der Waals surface area contributed by atoms with Gasteiger partial charge >= 0.3 is 5.97 Å². The van der Waals surface area contributed by atoms with Gasteiger partial charge in [-0.3, -0.25) is 9.59 Å². The zero-order chi connectivity index (χ0) is 24.9. The highest BCUT2D eigenvalue weighted by atomic mass is 32.1. The Balaban J connectivity index is 1.53. The number of carboxylic acids is 1. The van der Waals surface area contributed by atoms with Crippen molar-refractivity contribution in [2.75, 3.05) is 5.75 Å². The van der Waals surface area contributed by atoms with Gasteiger partial charge in [-0.1, -0.05) is 36.4 Å². The van der Waals surface area contributed by atoms with Crippen LogP contribution in [-0.4, -0.2) is 56.7 Å². The Kier molecular flexibility index (Phi) is 7.42. The van der Waals surface area contributed by atoms with Crippen LogP contribution in [0.4, 0.5) is 0 Å². The lowest BCUT2D eigenvalue weighted by Crippen LogP contribution is -2.55. The van der Waals surface area contributed by atoms with E-state index < -0.39 is 35.9 Å². The molecule has 0 saturated heterocycles. The second-order valence-electron chi connectivity index (χ2n) is 8.38. The Morgan fingerprint density at radius 3 is 1.89 bits per heavy atom. The number of H-pyrrole nitrogens is 2. The van der Waals surface area contributed by atoms with Gasteiger partial charge in [0.2, 0.25) is 11.8 Å². The van der Waals surface area contributed by atoms with E-state index in [1.54, 1.807) is 6.20 Å². The van der Waals surface area contributed by atoms with Crippen molar-refractivity contribution in [1.82, 2.24) is 20.6 Å². The number of para-hydroxylation sites is 2. The molecule has 0 unspecified atom stereocenters. The topological polar surface area (TPSA) is 153 Å². The summed E-state index contributed by atoms with van der Waals surface area (Å²) in [6.07, 6.45) is 4.01. The first kappa shape index (κ1) is 24.4. The van der Waals surface area contributed by atoms with Crippen molar-refractivity contribution in [2.45, 2.75) is 31.0 Å². The van der Waals surface area contributed by atoms with Gasteiger partial charge in [-0.05, 0) is 29.7 Å². The lowest BCUT2D eigenvalue weighted by Gasteiger charge is -2.22. The number of nitrogens with two attached hydrogens (primary N) is 1. The van der Waals surface area contributed by atoms with Crippen LogP contribution < -0.4 is 16.4 Å². The second kappa shape index (κ2) is 10.7. The Morgan fingerprint density at radius 2 is 1.34 bits per heavy atom. The number of aromatic amines is 2. The molecule has 0 spiro atoms. The summed E-state index contributed by atoms with van der Waals surface area (Å²) < 4.78 is 0. The van der Waals surface area contributed by atoms with E-state index in [0.717, 1.165) is 32.9 Å². The molecule has 3 atom stereocenters. The van der Waals surface area contributed by atoms with Gasteiger partial charge in [-0.2, -0.15) is 12.6 Å². The number of rotatable bonds is 10. The molecule has 0 saturated carbocycles. The number of hydrogen-bond donors (Lipinski definition) is 7. The second-order valence-corrected chi connectivity index (χ2v) is 8.74. The zero-order valence-corrected chi connectivity index (χ0v) is 19.7. The van der Waals surface area contributed by atoms with Gasteiger partial charge in [-0.25, -0.2) is 4.79 Å². The summed E-state index contributed by atoms with van der Waals surface area (Å²) in [7, 11) is 0. The van der Waals surface area contributed by atoms with Gasteiger partial charge in [0.1, 0.15) is 12.1 Å². The van der Waals surface area contributed by atoms with Crippen molar-refractivity contribution in [1.29, 1.82) is 0 Å². The van der Waals surface area contributed by atoms with Gasteiger partial charge in [-0.15, -0.1) is 0 Å². The fourth-order valence-corrected chi connectivity index (χ4v) is 4.34. The molecule has 0 fully saturated rings. The maximum atomic E-state index is 13.1. The average molecular weight is 494 g/mol. The van der Waals surface area contributed by atoms with E-state index in [4.69, 9.17) is 5.73 Å². The maximum absolute atomic E-state index is 13.1. The van der Waals surface area contributed by atoms with Crippen molar-refractivity contribution in [3.05, 3.63) is 72.1 Å². The van der Waals surface area contributed by atoms with Crippen LogP contribution in [0.1, 0.15) is 11.1 Å². The number of amides is 2. The van der Waals surface area contributed by atoms with E-state index in [-0.39, 0.29) is 18.6 Å². The van der Waals surface area contributed by atoms with E-state index in [0.29, 0.717) is 0 Å². The molecule has 10 heteroatoms. The normalized spacial score (nSPS) is 13.9. The lowest BCUT2D eigenvalue weighted by molar-refractivity contribution is -0.141. The van der Waals surface area contributed by atoms with Crippen molar-refractivity contribution in [2.24, 2.45) is 5.73 Å². The van der Waals surface area contributed by atoms with E-state index in [1.807, 2.05) is 54.7 Å². The molecule has 9 nitrogen and oxygen atoms in total. The first-order valence-electron chi connectivity index (χ1n) is 11.2. The number of aromatic nitrogens is 2. The Hall–Kier alpha value is -3.76. The molecule has 2 amide bonds. The van der Waals surface area contributed by atoms with Gasteiger partial charge in [0.15, 0.2) is 0 Å². The minimum absolute atomic E-state index is 0.0884. The molecule has 7 N–H and O–H groups in total. The lowest BCUT2D eigenvalue weighted by atomic mass is 10.0. The van der Waals surface area contributed by atoms with Crippen LogP contribution in [-0.2, 0) is 27.2 Å². The number of benzene rings is 2. The summed E-state index contributed by atoms with van der Waals surface area (Å²) >= 11 is 4.01. The van der Waals surface area contributed by atoms with E-state index >= 15 is 0 Å². The molecule has 0 aliphatic heterocycles. The van der Waals surface area contributed by atoms with Crippen LogP contribution >= 0.6 is 12.6 Å². The fourth-order valence-electron chi connectivity index (χ4n) is 4.10. The Morgan fingerprint density at radius 1 is 0.829 bits per heavy atom. The molecule has 4 aromatic rings. The quantitative estimate of drug-likeness (QED) is 0.168. The van der Waals surface area contributed by atoms with Crippen LogP contribution in [0.25, 0.3) is 21.8 Å². The van der Waals surface area contributed by atoms with Crippen LogP contribution in [0.3, 0.4) is 0 Å². The van der Waals surface area contributed by atoms with Crippen molar-refractivity contribution < 1.29 is 19.5 Å². The van der Waals surface area contributed by atoms with Gasteiger partial charge in [0.05, 0.1) is 6.04 Å². The summed E-state index contributed by atoms with van der Waals surface area (Å²) in [6.45, 7) is 0. The van der Waals surface area contributed by atoms with Crippen molar-refractivity contribution >= 4 is 52.2 Å². The first-order valence-corrected chi connectivity index (χ1v) is 11.8. The molecule has 2 aromatic heterocycles. The predicted molar refractivity (Wildman–Crippen MR) is 137 cm³/mol. The molecule has 0 aliphatic rings. The first-order chi connectivity index (χ1) is 16.9. The largest absolute Gasteiger partial charge is 0.480 e. The van der Waals surface area contributed by atoms with Gasteiger partial charge in [0.25, 0.3) is 0 Å². The minimum Gasteiger partial charge on any atom is -0.480 e. The molecule has 2 heterocycles. The third-order valence-corrected chi connectivity index (χ3v) is 6.35. The highest BCUT2D eigenvalue weighted by Gasteiger charge is 2.28. The molecule has 0 bridgehead atoms. The monoisotopic (exact) mass is 493 g/mol. The number of carbonyl (C=O) groups excluding carboxylic acids is 2. The molecule has 4 rings (SSSR count). The Labute approximate surface area is 206 Å². The van der Waals surface area contributed by atoms with Crippen molar-refractivity contribution in [3.8, 4) is 0 Å². The number of hydrogen-bond acceptors (Lipinski definition) is 5. The molecule has 2 aromatic carbocycles. The standard InChI is InChI=1S/C25H27N5O4S/c26-18(9-14-11-27-19-7-3-1-5-16(14)19)23(31)29-21(24(32)30-22(13-35)25(33)34)10-15-12-28-20-8-4-2-6-17(15)20/h1-8,11-12,18,21-22,27-28,35H,9-10,13,26H2,(H,29,31)(H,30,32)(H,33,34)/t18-,21-,22-/m0/s1. The number of fused-ring (bicyclic) bond motifs is 2. The maximum Gasteiger partial charge on any atom is 0.327 e. The highest BCUT2D eigenvalue weighted by Crippen LogP contribution is 2.20. The average Bonchev–Trinajstić information content (AvgIpc) is 3.46. The van der Waals surface area contributed by atoms with Crippen LogP contribution in [0.5, 0.6) is 0 Å². The van der Waals surface area contributed by atoms with E-state index in [9.17, 15) is 19.5 Å². The van der Waals surface area contributed by atoms with Crippen molar-refractivity contribution in [3.63, 3.8) is 0 Å². The van der Waals surface area contributed by atoms with E-state index in [1.165, 1.54) is 0 Å². The minimum atomic E-state index is -1.21. The third-order valence-electron chi connectivity index (χ3n) is 5.98. The van der Waals surface area contributed by atoms with Gasteiger partial charge in [0, 0.05) is 46.4 Å². The SMILES string of the molecule is N[C@@H](Cc1c[nH]c2ccccc12)C(=O)N[C@@H](Cc1c[nH]c2ccccc12)C(=O)N[C@@H](CS)C(=O)O. The number of aliphatic carboxylic acids is 1. The third kappa shape index (κ3) is 5.50. The summed E-state index contributed by atoms with van der Waals surface area (Å²) in [5.74, 6) is -2.42. The van der Waals surface area contributed by atoms with Crippen LogP contribution in [0.15, 0.2) is 60.9 Å². The molecule has 0 radical (unpaired) electrons. The fraction of sp³-hybridized carbons (Fsp3) is 0.240. The smallest absolute Gasteiger partial charge is 0.327 e. The van der Waals surface area contributed by atoms with E-state index in [2.05, 4.69) is 33.2 Å². The van der Waals surface area contributed by atoms with Gasteiger partial charge < -0.3 is 31.4 Å². The zero-order valence-electron chi connectivity index (χ0n) is 18.8. The van der Waals surface area contributed by atoms with Crippen LogP contribution in [0.2, 0.25) is 0 Å².